The topological polar surface area (TPSA) is 78.6 Å². The summed E-state index contributed by atoms with van der Waals surface area (Å²) in [6.07, 6.45) is 2.95. The van der Waals surface area contributed by atoms with Crippen LogP contribution in [0.4, 0.5) is 0 Å². The van der Waals surface area contributed by atoms with Gasteiger partial charge in [-0.15, -0.1) is 0 Å². The molecule has 0 unspecified atom stereocenters. The van der Waals surface area contributed by atoms with Crippen LogP contribution in [-0.2, 0) is 24.2 Å². The van der Waals surface area contributed by atoms with Gasteiger partial charge in [-0.1, -0.05) is 24.3 Å². The summed E-state index contributed by atoms with van der Waals surface area (Å²) in [6.45, 7) is 2.60. The average molecular weight is 379 g/mol. The second-order valence-electron chi connectivity index (χ2n) is 7.32. The van der Waals surface area contributed by atoms with Gasteiger partial charge in [-0.3, -0.25) is 9.69 Å². The fourth-order valence-corrected chi connectivity index (χ4v) is 3.68. The number of carbonyl (C=O) groups excluding carboxylic acids is 1. The quantitative estimate of drug-likeness (QED) is 0.659. The molecule has 3 heterocycles. The van der Waals surface area contributed by atoms with Gasteiger partial charge in [0.1, 0.15) is 5.76 Å². The maximum Gasteiger partial charge on any atom is 0.226 e. The van der Waals surface area contributed by atoms with Crippen molar-refractivity contribution in [1.82, 2.24) is 15.2 Å². The van der Waals surface area contributed by atoms with E-state index in [2.05, 4.69) is 39.5 Å². The average Bonchev–Trinajstić information content (AvgIpc) is 3.14. The van der Waals surface area contributed by atoms with Crippen molar-refractivity contribution in [3.8, 4) is 0 Å². The van der Waals surface area contributed by atoms with Crippen molar-refractivity contribution in [2.24, 2.45) is 0 Å². The van der Waals surface area contributed by atoms with Gasteiger partial charge in [-0.05, 0) is 35.7 Å². The molecule has 1 aliphatic heterocycles. The third kappa shape index (κ3) is 4.58. The molecule has 0 spiro atoms. The number of β-amino-alcohol motifs (C(OH)–C–C–N with tert-alkyl or cyclic N) is 1. The monoisotopic (exact) mass is 379 g/mol. The van der Waals surface area contributed by atoms with Gasteiger partial charge in [0.25, 0.3) is 0 Å². The number of hydrogen-bond donors (Lipinski definition) is 2. The third-order valence-corrected chi connectivity index (χ3v) is 5.16. The van der Waals surface area contributed by atoms with Crippen LogP contribution in [0.5, 0.6) is 0 Å². The van der Waals surface area contributed by atoms with Crippen molar-refractivity contribution in [3.63, 3.8) is 0 Å². The number of furan rings is 1. The van der Waals surface area contributed by atoms with Crippen LogP contribution in [0.2, 0.25) is 0 Å². The van der Waals surface area contributed by atoms with Crippen LogP contribution in [0, 0.1) is 0 Å². The number of aliphatic hydroxyl groups excluding tert-OH is 1. The fourth-order valence-electron chi connectivity index (χ4n) is 3.68. The summed E-state index contributed by atoms with van der Waals surface area (Å²) >= 11 is 0. The Hall–Kier alpha value is -2.70. The number of aliphatic hydroxyl groups is 1. The lowest BCUT2D eigenvalue weighted by molar-refractivity contribution is -0.121. The minimum atomic E-state index is -0.579. The molecular formula is C22H25N3O3. The number of hydrogen-bond acceptors (Lipinski definition) is 5. The minimum absolute atomic E-state index is 0.0866. The van der Waals surface area contributed by atoms with E-state index < -0.39 is 6.10 Å². The molecular weight excluding hydrogens is 354 g/mol. The van der Waals surface area contributed by atoms with Gasteiger partial charge in [0.05, 0.1) is 6.10 Å². The van der Waals surface area contributed by atoms with Gasteiger partial charge in [-0.25, -0.2) is 4.98 Å². The molecule has 146 valence electrons. The second-order valence-corrected chi connectivity index (χ2v) is 7.32. The van der Waals surface area contributed by atoms with E-state index >= 15 is 0 Å². The molecule has 1 aliphatic rings. The highest BCUT2D eigenvalue weighted by atomic mass is 16.3. The predicted molar refractivity (Wildman–Crippen MR) is 107 cm³/mol. The summed E-state index contributed by atoms with van der Waals surface area (Å²) in [5.41, 5.74) is 3.31. The van der Waals surface area contributed by atoms with E-state index in [0.29, 0.717) is 25.1 Å². The largest absolute Gasteiger partial charge is 0.443 e. The molecule has 0 fully saturated rings. The molecule has 0 radical (unpaired) electrons. The summed E-state index contributed by atoms with van der Waals surface area (Å²) in [6, 6.07) is 14.1. The zero-order chi connectivity index (χ0) is 19.3. The van der Waals surface area contributed by atoms with Crippen molar-refractivity contribution in [2.45, 2.75) is 31.9 Å². The molecule has 0 saturated heterocycles. The molecule has 6 nitrogen and oxygen atoms in total. The van der Waals surface area contributed by atoms with E-state index in [9.17, 15) is 9.90 Å². The Labute approximate surface area is 164 Å². The van der Waals surface area contributed by atoms with Crippen LogP contribution in [0.25, 0.3) is 11.1 Å². The van der Waals surface area contributed by atoms with E-state index in [0.717, 1.165) is 30.7 Å². The van der Waals surface area contributed by atoms with Crippen molar-refractivity contribution < 1.29 is 14.3 Å². The first kappa shape index (κ1) is 18.7. The standard InChI is InChI=1S/C22H25N3O3/c26-19(15-25-11-9-16-4-1-2-5-18(16)14-25)13-24-21(27)8-7-20-12-17-6-3-10-23-22(17)28-20/h1-6,10,12,19,26H,7-9,11,13-15H2,(H,24,27)/t19-/m0/s1. The van der Waals surface area contributed by atoms with Crippen LogP contribution in [0.1, 0.15) is 23.3 Å². The first-order valence-electron chi connectivity index (χ1n) is 9.75. The van der Waals surface area contributed by atoms with Crippen molar-refractivity contribution in [2.75, 3.05) is 19.6 Å². The Morgan fingerprint density at radius 1 is 1.25 bits per heavy atom. The molecule has 3 aromatic rings. The van der Waals surface area contributed by atoms with E-state index in [1.54, 1.807) is 6.20 Å². The van der Waals surface area contributed by atoms with Gasteiger partial charge in [-0.2, -0.15) is 0 Å². The summed E-state index contributed by atoms with van der Waals surface area (Å²) in [5.74, 6) is 0.660. The number of rotatable bonds is 7. The third-order valence-electron chi connectivity index (χ3n) is 5.16. The summed E-state index contributed by atoms with van der Waals surface area (Å²) in [5, 5.41) is 14.1. The Bertz CT molecular complexity index is 920. The van der Waals surface area contributed by atoms with Crippen LogP contribution in [0.15, 0.2) is 53.1 Å². The zero-order valence-electron chi connectivity index (χ0n) is 15.8. The second kappa shape index (κ2) is 8.54. The fraction of sp³-hybridized carbons (Fsp3) is 0.364. The molecule has 2 aromatic heterocycles. The summed E-state index contributed by atoms with van der Waals surface area (Å²) in [7, 11) is 0. The number of nitrogens with one attached hydrogen (secondary N) is 1. The highest BCUT2D eigenvalue weighted by Gasteiger charge is 2.18. The Balaban J connectivity index is 1.19. The lowest BCUT2D eigenvalue weighted by Crippen LogP contribution is -2.42. The highest BCUT2D eigenvalue weighted by molar-refractivity contribution is 5.77. The maximum absolute atomic E-state index is 12.1. The van der Waals surface area contributed by atoms with E-state index in [4.69, 9.17) is 4.42 Å². The van der Waals surface area contributed by atoms with Gasteiger partial charge >= 0.3 is 0 Å². The number of aromatic nitrogens is 1. The van der Waals surface area contributed by atoms with Gasteiger partial charge in [0.15, 0.2) is 0 Å². The SMILES string of the molecule is O=C(CCc1cc2cccnc2o1)NC[C@H](O)CN1CCc2ccccc2C1. The van der Waals surface area contributed by atoms with Gasteiger partial charge in [0, 0.05) is 50.6 Å². The molecule has 6 heteroatoms. The summed E-state index contributed by atoms with van der Waals surface area (Å²) < 4.78 is 5.63. The Morgan fingerprint density at radius 3 is 2.96 bits per heavy atom. The van der Waals surface area contributed by atoms with E-state index in [1.165, 1.54) is 11.1 Å². The van der Waals surface area contributed by atoms with E-state index in [1.807, 2.05) is 18.2 Å². The van der Waals surface area contributed by atoms with Crippen molar-refractivity contribution in [3.05, 3.63) is 65.5 Å². The number of carbonyl (C=O) groups is 1. The number of benzene rings is 1. The molecule has 1 amide bonds. The van der Waals surface area contributed by atoms with Crippen LogP contribution in [-0.4, -0.2) is 46.6 Å². The van der Waals surface area contributed by atoms with Gasteiger partial charge < -0.3 is 14.8 Å². The smallest absolute Gasteiger partial charge is 0.226 e. The van der Waals surface area contributed by atoms with Crippen LogP contribution >= 0.6 is 0 Å². The minimum Gasteiger partial charge on any atom is -0.443 e. The molecule has 28 heavy (non-hydrogen) atoms. The molecule has 1 atom stereocenters. The Morgan fingerprint density at radius 2 is 2.11 bits per heavy atom. The first-order valence-corrected chi connectivity index (χ1v) is 9.75. The molecule has 1 aromatic carbocycles. The van der Waals surface area contributed by atoms with Crippen molar-refractivity contribution >= 4 is 17.0 Å². The maximum atomic E-state index is 12.1. The molecule has 0 saturated carbocycles. The van der Waals surface area contributed by atoms with Crippen LogP contribution in [0.3, 0.4) is 0 Å². The summed E-state index contributed by atoms with van der Waals surface area (Å²) in [4.78, 5) is 18.5. The lowest BCUT2D eigenvalue weighted by atomic mass is 10.00. The number of pyridine rings is 1. The van der Waals surface area contributed by atoms with Gasteiger partial charge in [0.2, 0.25) is 11.6 Å². The molecule has 4 rings (SSSR count). The van der Waals surface area contributed by atoms with Crippen molar-refractivity contribution in [1.29, 1.82) is 0 Å². The first-order chi connectivity index (χ1) is 13.7. The predicted octanol–water partition coefficient (Wildman–Crippen LogP) is 2.30. The number of fused-ring (bicyclic) bond motifs is 2. The normalized spacial score (nSPS) is 15.3. The zero-order valence-corrected chi connectivity index (χ0v) is 15.8. The van der Waals surface area contributed by atoms with Crippen LogP contribution < -0.4 is 5.32 Å². The molecule has 2 N–H and O–H groups in total. The molecule has 0 aliphatic carbocycles. The number of nitrogens with zero attached hydrogens (tertiary/aromatic N) is 2. The number of amides is 1. The number of aryl methyl sites for hydroxylation is 1. The Kier molecular flexibility index (Phi) is 5.69. The lowest BCUT2D eigenvalue weighted by Gasteiger charge is -2.30. The highest BCUT2D eigenvalue weighted by Crippen LogP contribution is 2.19. The van der Waals surface area contributed by atoms with E-state index in [-0.39, 0.29) is 12.5 Å². The molecule has 0 bridgehead atoms.